The van der Waals surface area contributed by atoms with E-state index >= 15 is 0 Å². The van der Waals surface area contributed by atoms with Crippen LogP contribution < -0.4 is 4.90 Å². The Balaban J connectivity index is 0.00000264. The van der Waals surface area contributed by atoms with E-state index in [-0.39, 0.29) is 37.4 Å². The predicted octanol–water partition coefficient (Wildman–Crippen LogP) is 2.73. The molecule has 2 rings (SSSR count). The standard InChI is InChI=1S/C16H22N2O3S.ClH/c1-3-12(2)17(11-16(20)21)10-15(19)18-8-9-22-14-7-5-4-6-13(14)18;/h4-7,12H,3,8-11H2,1-2H3,(H,20,21);1H. The van der Waals surface area contributed by atoms with E-state index in [4.69, 9.17) is 5.11 Å². The SMILES string of the molecule is CCC(C)N(CC(=O)O)CC(=O)N1CCSc2ccccc21.Cl. The number of carbonyl (C=O) groups excluding carboxylic acids is 1. The van der Waals surface area contributed by atoms with Crippen molar-refractivity contribution >= 4 is 41.7 Å². The number of hydrogen-bond acceptors (Lipinski definition) is 4. The van der Waals surface area contributed by atoms with Gasteiger partial charge in [0.25, 0.3) is 0 Å². The molecule has 1 amide bonds. The third kappa shape index (κ3) is 5.12. The summed E-state index contributed by atoms with van der Waals surface area (Å²) in [6, 6.07) is 7.92. The summed E-state index contributed by atoms with van der Waals surface area (Å²) in [5, 5.41) is 9.04. The van der Waals surface area contributed by atoms with Gasteiger partial charge in [-0.15, -0.1) is 24.2 Å². The zero-order chi connectivity index (χ0) is 16.1. The van der Waals surface area contributed by atoms with Crippen LogP contribution in [0.3, 0.4) is 0 Å². The van der Waals surface area contributed by atoms with Gasteiger partial charge in [-0.1, -0.05) is 19.1 Å². The van der Waals surface area contributed by atoms with Crippen LogP contribution >= 0.6 is 24.2 Å². The zero-order valence-corrected chi connectivity index (χ0v) is 15.0. The van der Waals surface area contributed by atoms with Crippen LogP contribution in [-0.2, 0) is 9.59 Å². The molecule has 5 nitrogen and oxygen atoms in total. The maximum atomic E-state index is 12.7. The fourth-order valence-corrected chi connectivity index (χ4v) is 3.48. The largest absolute Gasteiger partial charge is 0.480 e. The van der Waals surface area contributed by atoms with Gasteiger partial charge in [0.2, 0.25) is 5.91 Å². The van der Waals surface area contributed by atoms with Crippen LogP contribution in [0.4, 0.5) is 5.69 Å². The molecule has 0 aliphatic carbocycles. The summed E-state index contributed by atoms with van der Waals surface area (Å²) in [6.45, 7) is 4.65. The average Bonchev–Trinajstić information content (AvgIpc) is 2.52. The number of halogens is 1. The molecule has 23 heavy (non-hydrogen) atoms. The van der Waals surface area contributed by atoms with Crippen LogP contribution in [0.15, 0.2) is 29.2 Å². The quantitative estimate of drug-likeness (QED) is 0.847. The number of carbonyl (C=O) groups is 2. The highest BCUT2D eigenvalue weighted by atomic mass is 35.5. The van der Waals surface area contributed by atoms with Gasteiger partial charge >= 0.3 is 5.97 Å². The molecule has 0 saturated heterocycles. The topological polar surface area (TPSA) is 60.9 Å². The van der Waals surface area contributed by atoms with Crippen molar-refractivity contribution in [3.63, 3.8) is 0 Å². The third-order valence-corrected chi connectivity index (χ3v) is 4.96. The summed E-state index contributed by atoms with van der Waals surface area (Å²) in [5.41, 5.74) is 0.933. The second-order valence-corrected chi connectivity index (χ2v) is 6.55. The van der Waals surface area contributed by atoms with Crippen molar-refractivity contribution in [1.29, 1.82) is 0 Å². The van der Waals surface area contributed by atoms with Crippen molar-refractivity contribution in [2.45, 2.75) is 31.2 Å². The van der Waals surface area contributed by atoms with Gasteiger partial charge in [0.05, 0.1) is 18.8 Å². The maximum absolute atomic E-state index is 12.7. The molecule has 1 aliphatic rings. The lowest BCUT2D eigenvalue weighted by atomic mass is 10.2. The summed E-state index contributed by atoms with van der Waals surface area (Å²) in [7, 11) is 0. The Morgan fingerprint density at radius 1 is 1.35 bits per heavy atom. The summed E-state index contributed by atoms with van der Waals surface area (Å²) in [4.78, 5) is 28.3. The highest BCUT2D eigenvalue weighted by molar-refractivity contribution is 7.99. The van der Waals surface area contributed by atoms with E-state index in [9.17, 15) is 9.59 Å². The first-order chi connectivity index (χ1) is 10.5. The Bertz CT molecular complexity index is 556. The molecular weight excluding hydrogens is 336 g/mol. The lowest BCUT2D eigenvalue weighted by Gasteiger charge is -2.32. The maximum Gasteiger partial charge on any atom is 0.317 e. The monoisotopic (exact) mass is 358 g/mol. The molecular formula is C16H23ClN2O3S. The normalized spacial score (nSPS) is 14.8. The molecule has 1 unspecified atom stereocenters. The van der Waals surface area contributed by atoms with Crippen molar-refractivity contribution in [2.75, 3.05) is 30.3 Å². The lowest BCUT2D eigenvalue weighted by molar-refractivity contribution is -0.139. The van der Waals surface area contributed by atoms with Crippen LogP contribution in [0.5, 0.6) is 0 Å². The number of fused-ring (bicyclic) bond motifs is 1. The number of carboxylic acid groups (broad SMARTS) is 1. The fraction of sp³-hybridized carbons (Fsp3) is 0.500. The van der Waals surface area contributed by atoms with Crippen LogP contribution in [-0.4, -0.2) is 53.3 Å². The molecule has 0 spiro atoms. The van der Waals surface area contributed by atoms with Crippen molar-refractivity contribution in [2.24, 2.45) is 0 Å². The van der Waals surface area contributed by atoms with Crippen LogP contribution in [0.2, 0.25) is 0 Å². The summed E-state index contributed by atoms with van der Waals surface area (Å²) >= 11 is 1.75. The van der Waals surface area contributed by atoms with Crippen molar-refractivity contribution < 1.29 is 14.7 Å². The smallest absolute Gasteiger partial charge is 0.317 e. The number of aliphatic carboxylic acids is 1. The van der Waals surface area contributed by atoms with Crippen LogP contribution in [0.25, 0.3) is 0 Å². The van der Waals surface area contributed by atoms with Crippen molar-refractivity contribution in [1.82, 2.24) is 4.90 Å². The summed E-state index contributed by atoms with van der Waals surface area (Å²) in [5.74, 6) is -0.0672. The van der Waals surface area contributed by atoms with Gasteiger partial charge < -0.3 is 10.0 Å². The van der Waals surface area contributed by atoms with E-state index < -0.39 is 5.97 Å². The minimum atomic E-state index is -0.900. The first-order valence-corrected chi connectivity index (χ1v) is 8.49. The highest BCUT2D eigenvalue weighted by Gasteiger charge is 2.26. The zero-order valence-electron chi connectivity index (χ0n) is 13.4. The first kappa shape index (κ1) is 19.8. The molecule has 0 fully saturated rings. The van der Waals surface area contributed by atoms with Gasteiger partial charge in [-0.3, -0.25) is 14.5 Å². The number of benzene rings is 1. The third-order valence-electron chi connectivity index (χ3n) is 3.92. The number of carboxylic acids is 1. The molecule has 0 aromatic heterocycles. The number of amides is 1. The number of nitrogens with zero attached hydrogens (tertiary/aromatic N) is 2. The summed E-state index contributed by atoms with van der Waals surface area (Å²) < 4.78 is 0. The molecule has 0 saturated carbocycles. The Morgan fingerprint density at radius 2 is 2.04 bits per heavy atom. The minimum Gasteiger partial charge on any atom is -0.480 e. The number of thioether (sulfide) groups is 1. The van der Waals surface area contributed by atoms with E-state index in [2.05, 4.69) is 0 Å². The number of hydrogen-bond donors (Lipinski definition) is 1. The van der Waals surface area contributed by atoms with Gasteiger partial charge in [-0.2, -0.15) is 0 Å². The van der Waals surface area contributed by atoms with Gasteiger partial charge in [0.15, 0.2) is 0 Å². The number of para-hydroxylation sites is 1. The average molecular weight is 359 g/mol. The molecule has 128 valence electrons. The van der Waals surface area contributed by atoms with Gasteiger partial charge in [-0.05, 0) is 25.5 Å². The van der Waals surface area contributed by atoms with Crippen molar-refractivity contribution in [3.8, 4) is 0 Å². The van der Waals surface area contributed by atoms with Gasteiger partial charge in [0, 0.05) is 23.2 Å². The molecule has 0 bridgehead atoms. The van der Waals surface area contributed by atoms with Crippen LogP contribution in [0.1, 0.15) is 20.3 Å². The Kier molecular flexibility index (Phi) is 7.88. The predicted molar refractivity (Wildman–Crippen MR) is 95.7 cm³/mol. The molecule has 1 aromatic rings. The molecule has 1 N–H and O–H groups in total. The van der Waals surface area contributed by atoms with E-state index in [0.29, 0.717) is 6.54 Å². The highest BCUT2D eigenvalue weighted by Crippen LogP contribution is 2.34. The fourth-order valence-electron chi connectivity index (χ4n) is 2.49. The summed E-state index contributed by atoms with van der Waals surface area (Å²) in [6.07, 6.45) is 0.812. The van der Waals surface area contributed by atoms with E-state index in [0.717, 1.165) is 22.8 Å². The van der Waals surface area contributed by atoms with Crippen molar-refractivity contribution in [3.05, 3.63) is 24.3 Å². The van der Waals surface area contributed by atoms with E-state index in [1.165, 1.54) is 0 Å². The molecule has 1 aliphatic heterocycles. The van der Waals surface area contributed by atoms with Gasteiger partial charge in [0.1, 0.15) is 0 Å². The Labute approximate surface area is 147 Å². The Hall–Kier alpha value is -1.24. The molecule has 1 aromatic carbocycles. The lowest BCUT2D eigenvalue weighted by Crippen LogP contribution is -2.47. The van der Waals surface area contributed by atoms with E-state index in [1.54, 1.807) is 21.6 Å². The molecule has 7 heteroatoms. The first-order valence-electron chi connectivity index (χ1n) is 7.51. The molecule has 1 heterocycles. The van der Waals surface area contributed by atoms with Crippen LogP contribution in [0, 0.1) is 0 Å². The second-order valence-electron chi connectivity index (χ2n) is 5.42. The number of rotatable bonds is 6. The minimum absolute atomic E-state index is 0. The second kappa shape index (κ2) is 9.15. The van der Waals surface area contributed by atoms with E-state index in [1.807, 2.05) is 38.1 Å². The molecule has 1 atom stereocenters. The Morgan fingerprint density at radius 3 is 2.70 bits per heavy atom. The van der Waals surface area contributed by atoms with Gasteiger partial charge in [-0.25, -0.2) is 0 Å². The molecule has 0 radical (unpaired) electrons. The number of anilines is 1.